The summed E-state index contributed by atoms with van der Waals surface area (Å²) in [6.07, 6.45) is 0.743. The van der Waals surface area contributed by atoms with E-state index < -0.39 is 30.1 Å². The average Bonchev–Trinajstić information content (AvgIpc) is 3.49. The molecule has 1 unspecified atom stereocenters. The predicted octanol–water partition coefficient (Wildman–Crippen LogP) is 1.10. The highest BCUT2D eigenvalue weighted by molar-refractivity contribution is 6.23. The lowest BCUT2D eigenvalue weighted by molar-refractivity contribution is -0.153. The first-order chi connectivity index (χ1) is 13.8. The largest absolute Gasteiger partial charge is 0.427 e. The highest BCUT2D eigenvalue weighted by Crippen LogP contribution is 2.34. The maximum Gasteiger partial charge on any atom is 0.308 e. The van der Waals surface area contributed by atoms with Crippen molar-refractivity contribution in [3.8, 4) is 5.75 Å². The number of anilines is 1. The number of benzene rings is 1. The summed E-state index contributed by atoms with van der Waals surface area (Å²) in [5.74, 6) is -1.32. The predicted molar refractivity (Wildman–Crippen MR) is 101 cm³/mol. The van der Waals surface area contributed by atoms with E-state index in [-0.39, 0.29) is 24.8 Å². The van der Waals surface area contributed by atoms with Gasteiger partial charge in [0.25, 0.3) is 5.91 Å². The Hall–Kier alpha value is -2.78. The molecule has 156 valence electrons. The van der Waals surface area contributed by atoms with Gasteiger partial charge < -0.3 is 19.1 Å². The molecule has 0 radical (unpaired) electrons. The van der Waals surface area contributed by atoms with Crippen LogP contribution in [0.4, 0.5) is 5.69 Å². The van der Waals surface area contributed by atoms with E-state index in [1.165, 1.54) is 50.3 Å². The van der Waals surface area contributed by atoms with E-state index in [9.17, 15) is 19.2 Å². The van der Waals surface area contributed by atoms with Crippen LogP contribution in [0.3, 0.4) is 0 Å². The number of ether oxygens (including phenoxy) is 3. The summed E-state index contributed by atoms with van der Waals surface area (Å²) in [4.78, 5) is 52.0. The quantitative estimate of drug-likeness (QED) is 0.277. The molecule has 1 atom stereocenters. The van der Waals surface area contributed by atoms with Gasteiger partial charge in [-0.3, -0.25) is 19.2 Å². The second kappa shape index (κ2) is 8.71. The summed E-state index contributed by atoms with van der Waals surface area (Å²) >= 11 is 0. The van der Waals surface area contributed by atoms with Gasteiger partial charge in [-0.1, -0.05) is 0 Å². The van der Waals surface area contributed by atoms with Crippen molar-refractivity contribution >= 4 is 29.4 Å². The van der Waals surface area contributed by atoms with Gasteiger partial charge in [-0.2, -0.15) is 0 Å². The third-order valence-corrected chi connectivity index (χ3v) is 4.94. The van der Waals surface area contributed by atoms with Gasteiger partial charge in [0.05, 0.1) is 18.7 Å². The van der Waals surface area contributed by atoms with Crippen molar-refractivity contribution in [1.82, 2.24) is 4.90 Å². The van der Waals surface area contributed by atoms with E-state index in [1.807, 2.05) is 0 Å². The number of nitrogens with zero attached hydrogens (tertiary/aromatic N) is 2. The molecule has 3 amide bonds. The maximum atomic E-state index is 13.1. The molecule has 9 nitrogen and oxygen atoms in total. The second-order valence-corrected chi connectivity index (χ2v) is 7.04. The normalized spacial score (nSPS) is 19.0. The number of esters is 1. The van der Waals surface area contributed by atoms with Crippen molar-refractivity contribution in [3.63, 3.8) is 0 Å². The number of hydrogen-bond donors (Lipinski definition) is 0. The average molecular weight is 404 g/mol. The Bertz CT molecular complexity index is 800. The Labute approximate surface area is 168 Å². The first kappa shape index (κ1) is 20.9. The monoisotopic (exact) mass is 404 g/mol. The summed E-state index contributed by atoms with van der Waals surface area (Å²) < 4.78 is 15.4. The summed E-state index contributed by atoms with van der Waals surface area (Å²) in [6.45, 7) is 1.34. The fourth-order valence-corrected chi connectivity index (χ4v) is 3.30. The molecule has 1 aromatic carbocycles. The molecule has 29 heavy (non-hydrogen) atoms. The summed E-state index contributed by atoms with van der Waals surface area (Å²) in [6, 6.07) is 5.15. The van der Waals surface area contributed by atoms with Gasteiger partial charge in [-0.15, -0.1) is 0 Å². The van der Waals surface area contributed by atoms with E-state index in [0.717, 1.165) is 17.7 Å². The van der Waals surface area contributed by atoms with Gasteiger partial charge in [-0.25, -0.2) is 4.90 Å². The van der Waals surface area contributed by atoms with Gasteiger partial charge in [0.2, 0.25) is 11.8 Å². The topological polar surface area (TPSA) is 102 Å². The van der Waals surface area contributed by atoms with Gasteiger partial charge in [-0.05, 0) is 37.1 Å². The SMILES string of the molecule is COC(CN(C(=O)C1CC1)C1CC(=O)N(c2ccc(OC(C)=O)cc2)C1=O)OC. The van der Waals surface area contributed by atoms with Crippen molar-refractivity contribution in [2.75, 3.05) is 25.7 Å². The van der Waals surface area contributed by atoms with Crippen molar-refractivity contribution in [2.24, 2.45) is 5.92 Å². The number of hydrogen-bond acceptors (Lipinski definition) is 7. The Morgan fingerprint density at radius 3 is 2.28 bits per heavy atom. The van der Waals surface area contributed by atoms with Crippen LogP contribution in [0.5, 0.6) is 5.75 Å². The van der Waals surface area contributed by atoms with Gasteiger partial charge in [0.15, 0.2) is 6.29 Å². The van der Waals surface area contributed by atoms with Crippen molar-refractivity contribution in [1.29, 1.82) is 0 Å². The molecular formula is C20H24N2O7. The highest BCUT2D eigenvalue weighted by Gasteiger charge is 2.47. The molecule has 0 bridgehead atoms. The number of imide groups is 1. The molecule has 2 fully saturated rings. The standard InChI is InChI=1S/C20H24N2O7/c1-12(23)29-15-8-6-14(7-9-15)22-17(24)10-16(20(22)26)21(11-18(27-2)28-3)19(25)13-4-5-13/h6-9,13,16,18H,4-5,10-11H2,1-3H3. The van der Waals surface area contributed by atoms with Crippen LogP contribution < -0.4 is 9.64 Å². The molecule has 0 spiro atoms. The summed E-state index contributed by atoms with van der Waals surface area (Å²) in [7, 11) is 2.90. The minimum atomic E-state index is -0.906. The maximum absolute atomic E-state index is 13.1. The molecular weight excluding hydrogens is 380 g/mol. The number of methoxy groups -OCH3 is 2. The molecule has 1 aliphatic heterocycles. The number of amides is 3. The molecule has 0 N–H and O–H groups in total. The first-order valence-electron chi connectivity index (χ1n) is 9.37. The van der Waals surface area contributed by atoms with Crippen LogP contribution in [0, 0.1) is 5.92 Å². The van der Waals surface area contributed by atoms with E-state index >= 15 is 0 Å². The highest BCUT2D eigenvalue weighted by atomic mass is 16.7. The van der Waals surface area contributed by atoms with Crippen LogP contribution in [-0.4, -0.2) is 61.7 Å². The fraction of sp³-hybridized carbons (Fsp3) is 0.500. The first-order valence-corrected chi connectivity index (χ1v) is 9.37. The smallest absolute Gasteiger partial charge is 0.308 e. The fourth-order valence-electron chi connectivity index (χ4n) is 3.30. The molecule has 1 aromatic rings. The lowest BCUT2D eigenvalue weighted by atomic mass is 10.1. The van der Waals surface area contributed by atoms with E-state index in [4.69, 9.17) is 14.2 Å². The molecule has 9 heteroatoms. The lowest BCUT2D eigenvalue weighted by Gasteiger charge is -2.30. The Morgan fingerprint density at radius 1 is 1.14 bits per heavy atom. The van der Waals surface area contributed by atoms with Gasteiger partial charge in [0, 0.05) is 27.1 Å². The van der Waals surface area contributed by atoms with E-state index in [0.29, 0.717) is 11.4 Å². The minimum Gasteiger partial charge on any atom is -0.427 e. The molecule has 1 saturated carbocycles. The second-order valence-electron chi connectivity index (χ2n) is 7.04. The Balaban J connectivity index is 1.81. The zero-order valence-corrected chi connectivity index (χ0v) is 16.6. The number of carbonyl (C=O) groups excluding carboxylic acids is 4. The zero-order chi connectivity index (χ0) is 21.1. The molecule has 1 heterocycles. The van der Waals surface area contributed by atoms with Crippen LogP contribution in [0.2, 0.25) is 0 Å². The molecule has 1 saturated heterocycles. The van der Waals surface area contributed by atoms with Gasteiger partial charge in [0.1, 0.15) is 11.8 Å². The van der Waals surface area contributed by atoms with Crippen molar-refractivity contribution in [2.45, 2.75) is 38.5 Å². The van der Waals surface area contributed by atoms with Crippen molar-refractivity contribution in [3.05, 3.63) is 24.3 Å². The molecule has 0 aromatic heterocycles. The summed E-state index contributed by atoms with van der Waals surface area (Å²) in [5, 5.41) is 0. The zero-order valence-electron chi connectivity index (χ0n) is 16.6. The van der Waals surface area contributed by atoms with Gasteiger partial charge >= 0.3 is 5.97 Å². The Morgan fingerprint density at radius 2 is 1.76 bits per heavy atom. The van der Waals surface area contributed by atoms with Crippen molar-refractivity contribution < 1.29 is 33.4 Å². The Kier molecular flexibility index (Phi) is 6.29. The van der Waals surface area contributed by atoms with Crippen LogP contribution in [0.15, 0.2) is 24.3 Å². The number of rotatable bonds is 8. The van der Waals surface area contributed by atoms with E-state index in [1.54, 1.807) is 0 Å². The third-order valence-electron chi connectivity index (χ3n) is 4.94. The van der Waals surface area contributed by atoms with Crippen LogP contribution >= 0.6 is 0 Å². The summed E-state index contributed by atoms with van der Waals surface area (Å²) in [5.41, 5.74) is 0.354. The minimum absolute atomic E-state index is 0.0608. The van der Waals surface area contributed by atoms with Crippen LogP contribution in [0.1, 0.15) is 26.2 Å². The van der Waals surface area contributed by atoms with Crippen LogP contribution in [0.25, 0.3) is 0 Å². The molecule has 1 aliphatic carbocycles. The molecule has 3 rings (SSSR count). The number of carbonyl (C=O) groups is 4. The van der Waals surface area contributed by atoms with Crippen LogP contribution in [-0.2, 0) is 28.7 Å². The lowest BCUT2D eigenvalue weighted by Crippen LogP contribution is -2.49. The van der Waals surface area contributed by atoms with E-state index in [2.05, 4.69) is 0 Å². The third kappa shape index (κ3) is 4.63. The molecule has 2 aliphatic rings.